The molecule has 2 atom stereocenters. The number of benzene rings is 1. The molecule has 21 heavy (non-hydrogen) atoms. The Hall–Kier alpha value is -1.95. The van der Waals surface area contributed by atoms with Crippen molar-refractivity contribution in [2.24, 2.45) is 0 Å². The first-order valence-electron chi connectivity index (χ1n) is 7.35. The third-order valence-electron chi connectivity index (χ3n) is 4.05. The van der Waals surface area contributed by atoms with Gasteiger partial charge in [0.25, 0.3) is 11.6 Å². The zero-order valence-corrected chi connectivity index (χ0v) is 12.4. The van der Waals surface area contributed by atoms with Crippen LogP contribution in [0.1, 0.15) is 37.0 Å². The van der Waals surface area contributed by atoms with E-state index < -0.39 is 4.92 Å². The zero-order chi connectivity index (χ0) is 15.4. The molecule has 1 aliphatic rings. The van der Waals surface area contributed by atoms with E-state index in [1.54, 1.807) is 0 Å². The lowest BCUT2D eigenvalue weighted by Gasteiger charge is -2.40. The van der Waals surface area contributed by atoms with Crippen LogP contribution >= 0.6 is 0 Å². The molecular weight excluding hydrogens is 270 g/mol. The normalized spacial score (nSPS) is 22.1. The second-order valence-electron chi connectivity index (χ2n) is 5.34. The van der Waals surface area contributed by atoms with Crippen LogP contribution in [0.5, 0.6) is 0 Å². The average Bonchev–Trinajstić information content (AvgIpc) is 2.53. The molecule has 2 rings (SSSR count). The zero-order valence-electron chi connectivity index (χ0n) is 12.4. The minimum atomic E-state index is -0.457. The standard InChI is InChI=1S/C15H21N3O3/c1-3-12-10-17(13(4-2)9-16-12)15(19)11-5-7-14(8-6-11)18(20)21/h5-8,12-13,16H,3-4,9-10H2,1-2H3. The summed E-state index contributed by atoms with van der Waals surface area (Å²) in [6, 6.07) is 6.33. The van der Waals surface area contributed by atoms with E-state index in [2.05, 4.69) is 19.2 Å². The summed E-state index contributed by atoms with van der Waals surface area (Å²) in [7, 11) is 0. The molecule has 6 heteroatoms. The number of amides is 1. The first kappa shape index (κ1) is 15.4. The number of nitrogens with zero attached hydrogens (tertiary/aromatic N) is 2. The Bertz CT molecular complexity index is 515. The lowest BCUT2D eigenvalue weighted by atomic mass is 10.0. The van der Waals surface area contributed by atoms with E-state index in [1.807, 2.05) is 4.90 Å². The van der Waals surface area contributed by atoms with Crippen LogP contribution in [-0.4, -0.2) is 40.9 Å². The number of hydrogen-bond acceptors (Lipinski definition) is 4. The maximum Gasteiger partial charge on any atom is 0.269 e. The molecule has 2 unspecified atom stereocenters. The van der Waals surface area contributed by atoms with Crippen molar-refractivity contribution in [1.82, 2.24) is 10.2 Å². The number of piperazine rings is 1. The van der Waals surface area contributed by atoms with Crippen molar-refractivity contribution >= 4 is 11.6 Å². The van der Waals surface area contributed by atoms with Crippen molar-refractivity contribution in [2.45, 2.75) is 38.8 Å². The summed E-state index contributed by atoms with van der Waals surface area (Å²) < 4.78 is 0. The number of nitro groups is 1. The van der Waals surface area contributed by atoms with Gasteiger partial charge in [-0.25, -0.2) is 0 Å². The molecule has 114 valence electrons. The smallest absolute Gasteiger partial charge is 0.269 e. The van der Waals surface area contributed by atoms with Crippen LogP contribution in [0.3, 0.4) is 0 Å². The minimum Gasteiger partial charge on any atom is -0.333 e. The molecule has 1 saturated heterocycles. The highest BCUT2D eigenvalue weighted by molar-refractivity contribution is 5.94. The molecule has 1 N–H and O–H groups in total. The van der Waals surface area contributed by atoms with Gasteiger partial charge in [0.2, 0.25) is 0 Å². The van der Waals surface area contributed by atoms with Crippen LogP contribution in [-0.2, 0) is 0 Å². The van der Waals surface area contributed by atoms with Crippen molar-refractivity contribution in [2.75, 3.05) is 13.1 Å². The van der Waals surface area contributed by atoms with Crippen molar-refractivity contribution in [3.8, 4) is 0 Å². The number of hydrogen-bond donors (Lipinski definition) is 1. The van der Waals surface area contributed by atoms with E-state index >= 15 is 0 Å². The van der Waals surface area contributed by atoms with Gasteiger partial charge in [0.15, 0.2) is 0 Å². The van der Waals surface area contributed by atoms with E-state index in [0.29, 0.717) is 18.2 Å². The van der Waals surface area contributed by atoms with Gasteiger partial charge < -0.3 is 10.2 Å². The van der Waals surface area contributed by atoms with Crippen molar-refractivity contribution in [1.29, 1.82) is 0 Å². The minimum absolute atomic E-state index is 0.00494. The maximum atomic E-state index is 12.6. The quantitative estimate of drug-likeness (QED) is 0.681. The molecule has 1 fully saturated rings. The Kier molecular flexibility index (Phi) is 4.90. The van der Waals surface area contributed by atoms with E-state index in [-0.39, 0.29) is 17.6 Å². The Morgan fingerprint density at radius 1 is 1.33 bits per heavy atom. The molecule has 0 bridgehead atoms. The molecule has 0 radical (unpaired) electrons. The van der Waals surface area contributed by atoms with Gasteiger partial charge in [-0.2, -0.15) is 0 Å². The fourth-order valence-electron chi connectivity index (χ4n) is 2.64. The van der Waals surface area contributed by atoms with Crippen LogP contribution < -0.4 is 5.32 Å². The third kappa shape index (κ3) is 3.39. The van der Waals surface area contributed by atoms with E-state index in [4.69, 9.17) is 0 Å². The fraction of sp³-hybridized carbons (Fsp3) is 0.533. The third-order valence-corrected chi connectivity index (χ3v) is 4.05. The number of nitrogens with one attached hydrogen (secondary N) is 1. The van der Waals surface area contributed by atoms with Gasteiger partial charge in [-0.3, -0.25) is 14.9 Å². The van der Waals surface area contributed by atoms with Crippen LogP contribution in [0, 0.1) is 10.1 Å². The van der Waals surface area contributed by atoms with Crippen molar-refractivity contribution < 1.29 is 9.72 Å². The van der Waals surface area contributed by atoms with Gasteiger partial charge in [-0.15, -0.1) is 0 Å². The van der Waals surface area contributed by atoms with Crippen LogP contribution in [0.15, 0.2) is 24.3 Å². The Labute approximate surface area is 124 Å². The number of nitro benzene ring substituents is 1. The predicted octanol–water partition coefficient (Wildman–Crippen LogP) is 2.20. The highest BCUT2D eigenvalue weighted by Gasteiger charge is 2.30. The molecule has 0 saturated carbocycles. The largest absolute Gasteiger partial charge is 0.333 e. The predicted molar refractivity (Wildman–Crippen MR) is 80.3 cm³/mol. The van der Waals surface area contributed by atoms with E-state index in [0.717, 1.165) is 19.4 Å². The fourth-order valence-corrected chi connectivity index (χ4v) is 2.64. The van der Waals surface area contributed by atoms with Gasteiger partial charge in [0.05, 0.1) is 4.92 Å². The van der Waals surface area contributed by atoms with Crippen LogP contribution in [0.2, 0.25) is 0 Å². The Balaban J connectivity index is 2.17. The first-order chi connectivity index (χ1) is 10.1. The van der Waals surface area contributed by atoms with Gasteiger partial charge in [-0.05, 0) is 25.0 Å². The first-order valence-corrected chi connectivity index (χ1v) is 7.35. The molecule has 1 aromatic carbocycles. The summed E-state index contributed by atoms with van der Waals surface area (Å²) in [6.07, 6.45) is 1.86. The lowest BCUT2D eigenvalue weighted by Crippen LogP contribution is -2.57. The molecule has 1 heterocycles. The second kappa shape index (κ2) is 6.67. The van der Waals surface area contributed by atoms with Gasteiger partial charge in [0, 0.05) is 42.9 Å². The van der Waals surface area contributed by atoms with Gasteiger partial charge in [0.1, 0.15) is 0 Å². The molecule has 6 nitrogen and oxygen atoms in total. The highest BCUT2D eigenvalue weighted by atomic mass is 16.6. The SMILES string of the molecule is CCC1CN(C(=O)c2ccc([N+](=O)[O-])cc2)C(CC)CN1. The van der Waals surface area contributed by atoms with Gasteiger partial charge >= 0.3 is 0 Å². The molecule has 1 aromatic rings. The van der Waals surface area contributed by atoms with Crippen LogP contribution in [0.4, 0.5) is 5.69 Å². The summed E-state index contributed by atoms with van der Waals surface area (Å²) in [6.45, 7) is 5.64. The average molecular weight is 291 g/mol. The van der Waals surface area contributed by atoms with Crippen molar-refractivity contribution in [3.05, 3.63) is 39.9 Å². The van der Waals surface area contributed by atoms with E-state index in [1.165, 1.54) is 24.3 Å². The maximum absolute atomic E-state index is 12.6. The highest BCUT2D eigenvalue weighted by Crippen LogP contribution is 2.18. The summed E-state index contributed by atoms with van der Waals surface area (Å²) in [5.74, 6) is -0.0447. The summed E-state index contributed by atoms with van der Waals surface area (Å²) >= 11 is 0. The Morgan fingerprint density at radius 3 is 2.52 bits per heavy atom. The molecule has 1 amide bonds. The summed E-state index contributed by atoms with van der Waals surface area (Å²) in [5, 5.41) is 14.1. The monoisotopic (exact) mass is 291 g/mol. The van der Waals surface area contributed by atoms with Crippen molar-refractivity contribution in [3.63, 3.8) is 0 Å². The Morgan fingerprint density at radius 2 is 2.00 bits per heavy atom. The summed E-state index contributed by atoms with van der Waals surface area (Å²) in [5.41, 5.74) is 0.515. The molecule has 0 aromatic heterocycles. The molecular formula is C15H21N3O3. The topological polar surface area (TPSA) is 75.5 Å². The number of carbonyl (C=O) groups is 1. The molecule has 1 aliphatic heterocycles. The lowest BCUT2D eigenvalue weighted by molar-refractivity contribution is -0.384. The number of rotatable bonds is 4. The number of carbonyl (C=O) groups excluding carboxylic acids is 1. The molecule has 0 spiro atoms. The second-order valence-corrected chi connectivity index (χ2v) is 5.34. The molecule has 0 aliphatic carbocycles. The number of non-ortho nitro benzene ring substituents is 1. The summed E-state index contributed by atoms with van der Waals surface area (Å²) in [4.78, 5) is 24.7. The van der Waals surface area contributed by atoms with E-state index in [9.17, 15) is 14.9 Å². The van der Waals surface area contributed by atoms with Gasteiger partial charge in [-0.1, -0.05) is 13.8 Å². The van der Waals surface area contributed by atoms with Crippen LogP contribution in [0.25, 0.3) is 0 Å².